The van der Waals surface area contributed by atoms with E-state index in [4.69, 9.17) is 27.9 Å². The van der Waals surface area contributed by atoms with Crippen LogP contribution in [0.3, 0.4) is 0 Å². The molecule has 2 atom stereocenters. The molecule has 2 aliphatic heterocycles. The van der Waals surface area contributed by atoms with Crippen LogP contribution in [-0.2, 0) is 9.53 Å². The molecule has 0 N–H and O–H groups in total. The molecule has 34 heavy (non-hydrogen) atoms. The summed E-state index contributed by atoms with van der Waals surface area (Å²) in [5.41, 5.74) is 1.99. The zero-order valence-electron chi connectivity index (χ0n) is 19.2. The fraction of sp³-hybridized carbons (Fsp3) is 0.462. The molecule has 0 spiro atoms. The fourth-order valence-corrected chi connectivity index (χ4v) is 5.28. The van der Waals surface area contributed by atoms with Crippen molar-refractivity contribution in [3.8, 4) is 6.07 Å². The molecule has 2 aromatic rings. The minimum atomic E-state index is 0.0280. The van der Waals surface area contributed by atoms with Gasteiger partial charge in [0.25, 0.3) is 0 Å². The average Bonchev–Trinajstić information content (AvgIpc) is 2.86. The Kier molecular flexibility index (Phi) is 8.69. The second kappa shape index (κ2) is 11.9. The summed E-state index contributed by atoms with van der Waals surface area (Å²) in [6.45, 7) is 4.96. The van der Waals surface area contributed by atoms with Crippen LogP contribution in [0.4, 0.5) is 5.69 Å². The van der Waals surface area contributed by atoms with Crippen LogP contribution in [0.1, 0.15) is 24.3 Å². The summed E-state index contributed by atoms with van der Waals surface area (Å²) < 4.78 is 5.54. The number of halogens is 2. The van der Waals surface area contributed by atoms with Crippen molar-refractivity contribution in [3.05, 3.63) is 64.1 Å². The molecule has 0 aliphatic carbocycles. The van der Waals surface area contributed by atoms with E-state index >= 15 is 0 Å². The minimum absolute atomic E-state index is 0.0280. The predicted octanol–water partition coefficient (Wildman–Crippen LogP) is 4.43. The van der Waals surface area contributed by atoms with Gasteiger partial charge in [0.15, 0.2) is 0 Å². The third-order valence-electron chi connectivity index (χ3n) is 6.73. The summed E-state index contributed by atoms with van der Waals surface area (Å²) in [6, 6.07) is 18.0. The molecular formula is C26H30Cl2N4O2. The molecule has 2 aromatic carbocycles. The first-order valence-electron chi connectivity index (χ1n) is 11.8. The second-order valence-corrected chi connectivity index (χ2v) is 9.65. The maximum absolute atomic E-state index is 13.7. The zero-order valence-corrected chi connectivity index (χ0v) is 20.7. The predicted molar refractivity (Wildman–Crippen MR) is 135 cm³/mol. The van der Waals surface area contributed by atoms with E-state index in [1.165, 1.54) is 5.56 Å². The van der Waals surface area contributed by atoms with Gasteiger partial charge >= 0.3 is 0 Å². The smallest absolute Gasteiger partial charge is 0.242 e. The van der Waals surface area contributed by atoms with Crippen molar-refractivity contribution in [3.63, 3.8) is 0 Å². The van der Waals surface area contributed by atoms with Crippen LogP contribution in [0.5, 0.6) is 0 Å². The summed E-state index contributed by atoms with van der Waals surface area (Å²) in [5, 5.41) is 10.3. The normalized spacial score (nSPS) is 21.1. The maximum atomic E-state index is 13.7. The number of morpholine rings is 1. The SMILES string of the molecule is N#CCN(CC(=O)N1CCCC(c2ccccc2)C1CN1CCOCC1)c1ccc(Cl)c(Cl)c1. The minimum Gasteiger partial charge on any atom is -0.379 e. The monoisotopic (exact) mass is 500 g/mol. The highest BCUT2D eigenvalue weighted by molar-refractivity contribution is 6.42. The van der Waals surface area contributed by atoms with E-state index in [-0.39, 0.29) is 31.0 Å². The molecule has 0 radical (unpaired) electrons. The standard InChI is InChI=1S/C26H30Cl2N4O2/c27-23-9-8-21(17-24(23)28)31(12-10-29)19-26(33)32-11-4-7-22(20-5-2-1-3-6-20)25(32)18-30-13-15-34-16-14-30/h1-3,5-6,8-9,17,22,25H,4,7,11-16,18-19H2. The number of hydrogen-bond acceptors (Lipinski definition) is 5. The van der Waals surface area contributed by atoms with Gasteiger partial charge in [-0.25, -0.2) is 0 Å². The van der Waals surface area contributed by atoms with Crippen molar-refractivity contribution >= 4 is 34.8 Å². The summed E-state index contributed by atoms with van der Waals surface area (Å²) in [7, 11) is 0. The van der Waals surface area contributed by atoms with Gasteiger partial charge in [-0.2, -0.15) is 5.26 Å². The molecule has 2 fully saturated rings. The van der Waals surface area contributed by atoms with Crippen LogP contribution in [0.15, 0.2) is 48.5 Å². The van der Waals surface area contributed by atoms with E-state index < -0.39 is 0 Å². The molecule has 0 aromatic heterocycles. The molecule has 2 heterocycles. The molecule has 1 amide bonds. The summed E-state index contributed by atoms with van der Waals surface area (Å²) in [4.78, 5) is 19.9. The molecule has 4 rings (SSSR count). The molecule has 2 aliphatic rings. The number of benzene rings is 2. The van der Waals surface area contributed by atoms with Gasteiger partial charge in [0, 0.05) is 37.8 Å². The molecular weight excluding hydrogens is 471 g/mol. The Bertz CT molecular complexity index is 1010. The number of likely N-dealkylation sites (tertiary alicyclic amines) is 1. The zero-order chi connectivity index (χ0) is 23.9. The quantitative estimate of drug-likeness (QED) is 0.526. The number of carbonyl (C=O) groups is 1. The highest BCUT2D eigenvalue weighted by Gasteiger charge is 2.37. The number of carbonyl (C=O) groups excluding carboxylic acids is 1. The largest absolute Gasteiger partial charge is 0.379 e. The second-order valence-electron chi connectivity index (χ2n) is 8.84. The van der Waals surface area contributed by atoms with E-state index in [9.17, 15) is 10.1 Å². The van der Waals surface area contributed by atoms with Gasteiger partial charge in [-0.05, 0) is 36.6 Å². The van der Waals surface area contributed by atoms with E-state index in [2.05, 4.69) is 35.2 Å². The van der Waals surface area contributed by atoms with Gasteiger partial charge in [-0.3, -0.25) is 9.69 Å². The Morgan fingerprint density at radius 1 is 1.09 bits per heavy atom. The molecule has 180 valence electrons. The lowest BCUT2D eigenvalue weighted by atomic mass is 9.83. The van der Waals surface area contributed by atoms with Gasteiger partial charge in [0.2, 0.25) is 5.91 Å². The topological polar surface area (TPSA) is 59.8 Å². The first-order chi connectivity index (χ1) is 16.6. The van der Waals surface area contributed by atoms with Crippen LogP contribution in [0.2, 0.25) is 10.0 Å². The fourth-order valence-electron chi connectivity index (χ4n) is 4.99. The number of rotatable bonds is 7. The van der Waals surface area contributed by atoms with Crippen LogP contribution in [0, 0.1) is 11.3 Å². The number of piperidine rings is 1. The first kappa shape index (κ1) is 24.8. The van der Waals surface area contributed by atoms with Gasteiger partial charge in [0.05, 0.1) is 41.9 Å². The van der Waals surface area contributed by atoms with Crippen molar-refractivity contribution in [1.29, 1.82) is 5.26 Å². The van der Waals surface area contributed by atoms with Crippen LogP contribution in [0.25, 0.3) is 0 Å². The molecule has 0 saturated carbocycles. The van der Waals surface area contributed by atoms with Gasteiger partial charge < -0.3 is 14.5 Å². The lowest BCUT2D eigenvalue weighted by Gasteiger charge is -2.45. The van der Waals surface area contributed by atoms with Crippen molar-refractivity contribution < 1.29 is 9.53 Å². The van der Waals surface area contributed by atoms with Crippen molar-refractivity contribution in [2.24, 2.45) is 0 Å². The van der Waals surface area contributed by atoms with E-state index in [0.717, 1.165) is 52.2 Å². The van der Waals surface area contributed by atoms with Crippen LogP contribution < -0.4 is 4.90 Å². The third-order valence-corrected chi connectivity index (χ3v) is 7.47. The average molecular weight is 501 g/mol. The molecule has 8 heteroatoms. The molecule has 6 nitrogen and oxygen atoms in total. The Balaban J connectivity index is 1.57. The summed E-state index contributed by atoms with van der Waals surface area (Å²) in [5.74, 6) is 0.302. The Morgan fingerprint density at radius 2 is 1.85 bits per heavy atom. The van der Waals surface area contributed by atoms with Crippen LogP contribution >= 0.6 is 23.2 Å². The summed E-state index contributed by atoms with van der Waals surface area (Å²) >= 11 is 12.3. The Hall–Kier alpha value is -2.30. The van der Waals surface area contributed by atoms with E-state index in [1.54, 1.807) is 23.1 Å². The van der Waals surface area contributed by atoms with Gasteiger partial charge in [-0.1, -0.05) is 53.5 Å². The van der Waals surface area contributed by atoms with Gasteiger partial charge in [-0.15, -0.1) is 0 Å². The van der Waals surface area contributed by atoms with E-state index in [1.807, 2.05) is 11.0 Å². The van der Waals surface area contributed by atoms with Crippen molar-refractivity contribution in [2.75, 3.05) is 57.4 Å². The number of nitrogens with zero attached hydrogens (tertiary/aromatic N) is 4. The third kappa shape index (κ3) is 6.03. The van der Waals surface area contributed by atoms with Crippen LogP contribution in [-0.4, -0.2) is 74.2 Å². The number of nitriles is 1. The highest BCUT2D eigenvalue weighted by Crippen LogP contribution is 2.34. The van der Waals surface area contributed by atoms with Gasteiger partial charge in [0.1, 0.15) is 6.54 Å². The molecule has 0 bridgehead atoms. The number of anilines is 1. The van der Waals surface area contributed by atoms with Crippen molar-refractivity contribution in [1.82, 2.24) is 9.80 Å². The van der Waals surface area contributed by atoms with E-state index in [0.29, 0.717) is 15.7 Å². The number of amides is 1. The maximum Gasteiger partial charge on any atom is 0.242 e. The Morgan fingerprint density at radius 3 is 2.56 bits per heavy atom. The first-order valence-corrected chi connectivity index (χ1v) is 12.5. The Labute approximate surface area is 211 Å². The molecule has 2 unspecified atom stereocenters. The summed E-state index contributed by atoms with van der Waals surface area (Å²) in [6.07, 6.45) is 2.01. The number of hydrogen-bond donors (Lipinski definition) is 0. The lowest BCUT2D eigenvalue weighted by molar-refractivity contribution is -0.134. The van der Waals surface area contributed by atoms with Crippen molar-refractivity contribution in [2.45, 2.75) is 24.8 Å². The molecule has 2 saturated heterocycles. The number of ether oxygens (including phenoxy) is 1. The highest BCUT2D eigenvalue weighted by atomic mass is 35.5. The lowest BCUT2D eigenvalue weighted by Crippen LogP contribution is -2.56.